The first-order chi connectivity index (χ1) is 39.8. The maximum atomic E-state index is 11.6. The normalized spacial score (nSPS) is 15.3. The van der Waals surface area contributed by atoms with Crippen LogP contribution in [-0.2, 0) is 53.3 Å². The molecule has 24 heteroatoms. The number of halogens is 2. The summed E-state index contributed by atoms with van der Waals surface area (Å²) in [5, 5.41) is 9.52. The Hall–Kier alpha value is -4.76. The first kappa shape index (κ1) is 63.7. The van der Waals surface area contributed by atoms with Crippen molar-refractivity contribution in [2.75, 3.05) is 45.9 Å². The summed E-state index contributed by atoms with van der Waals surface area (Å²) in [6.45, 7) is 4.93. The van der Waals surface area contributed by atoms with Gasteiger partial charge in [0, 0.05) is 62.9 Å². The smallest absolute Gasteiger partial charge is 0.264 e. The van der Waals surface area contributed by atoms with Gasteiger partial charge in [-0.1, -0.05) is 121 Å². The van der Waals surface area contributed by atoms with Crippen LogP contribution in [0.5, 0.6) is 0 Å². The van der Waals surface area contributed by atoms with E-state index in [9.17, 15) is 51.9 Å². The van der Waals surface area contributed by atoms with Gasteiger partial charge in [0.2, 0.25) is 0 Å². The van der Waals surface area contributed by atoms with E-state index in [0.29, 0.717) is 48.8 Å². The fraction of sp³-hybridized carbons (Fsp3) is 0.267. The molecule has 84 heavy (non-hydrogen) atoms. The van der Waals surface area contributed by atoms with Crippen LogP contribution in [0, 0.1) is 0 Å². The summed E-state index contributed by atoms with van der Waals surface area (Å²) in [6, 6.07) is 35.9. The standard InChI is InChI=1S/C34H33NO6S4.C26H27Cl2NO6S4/c1-2-23(21-31-28(13-7-19-44(36,37)38)33-26-11-5-3-9-24(26)14-16-29(33)42-31)22-32-35(18-8-20-45(39,40)41)34-27-12-6-4-10-25(27)15-17-30(34)43-32;1-2-17(13-25-20(5-3-11-38(30,31)32)21-15-18(27)6-8-23(21)36-25)14-26-29(10-4-12-39(33,34)35)22-16-19(28)7-9-24(22)37-26/h3-6,9-12,14-17,21-22H,2,7-8,13,18-20H2,1H3,(H,36,37,38)(H,39,40,41);6-9,13-16H,2-5,10-12H2,1H3,(H,30,31,32)(H,33,34,35)/b23-21-,32-22-;17-13-,26-14-. The van der Waals surface area contributed by atoms with Crippen molar-refractivity contribution in [1.82, 2.24) is 0 Å². The van der Waals surface area contributed by atoms with Crippen LogP contribution in [0.3, 0.4) is 0 Å². The highest BCUT2D eigenvalue weighted by atomic mass is 35.5. The number of fused-ring (bicyclic) bond motifs is 8. The largest absolute Gasteiger partial charge is 0.335 e. The second-order valence-corrected chi connectivity index (χ2v) is 31.6. The first-order valence-electron chi connectivity index (χ1n) is 26.8. The molecule has 2 aromatic heterocycles. The van der Waals surface area contributed by atoms with E-state index < -0.39 is 40.5 Å². The molecule has 10 rings (SSSR count). The van der Waals surface area contributed by atoms with Crippen molar-refractivity contribution in [2.45, 2.75) is 75.0 Å². The van der Waals surface area contributed by atoms with Gasteiger partial charge in [0.15, 0.2) is 0 Å². The number of nitrogens with zero attached hydrogens (tertiary/aromatic N) is 2. The molecule has 8 aromatic rings. The van der Waals surface area contributed by atoms with Crippen LogP contribution in [-0.4, -0.2) is 88.0 Å². The quantitative estimate of drug-likeness (QED) is 0.0463. The number of allylic oxidation sites excluding steroid dienone is 4. The molecule has 0 fully saturated rings. The molecular formula is C60H60Cl2N2O12S8. The van der Waals surface area contributed by atoms with Crippen molar-refractivity contribution in [3.8, 4) is 0 Å². The van der Waals surface area contributed by atoms with Crippen LogP contribution in [0.2, 0.25) is 10.0 Å². The Morgan fingerprint density at radius 1 is 0.500 bits per heavy atom. The van der Waals surface area contributed by atoms with E-state index in [1.807, 2.05) is 72.5 Å². The molecule has 444 valence electrons. The molecule has 0 saturated carbocycles. The highest BCUT2D eigenvalue weighted by Crippen LogP contribution is 2.51. The summed E-state index contributed by atoms with van der Waals surface area (Å²) in [6.07, 6.45) is 12.0. The van der Waals surface area contributed by atoms with Gasteiger partial charge in [-0.05, 0) is 168 Å². The van der Waals surface area contributed by atoms with E-state index in [2.05, 4.69) is 84.7 Å². The van der Waals surface area contributed by atoms with Crippen molar-refractivity contribution in [2.24, 2.45) is 0 Å². The number of thioether (sulfide) groups is 2. The maximum Gasteiger partial charge on any atom is 0.264 e. The molecule has 4 heterocycles. The van der Waals surface area contributed by atoms with Crippen molar-refractivity contribution < 1.29 is 51.9 Å². The van der Waals surface area contributed by atoms with E-state index >= 15 is 0 Å². The summed E-state index contributed by atoms with van der Waals surface area (Å²) in [7, 11) is -16.3. The molecule has 14 nitrogen and oxygen atoms in total. The molecule has 2 aliphatic rings. The number of hydrogen-bond acceptors (Lipinski definition) is 14. The number of benzene rings is 6. The predicted molar refractivity (Wildman–Crippen MR) is 352 cm³/mol. The van der Waals surface area contributed by atoms with E-state index in [1.54, 1.807) is 46.2 Å². The maximum absolute atomic E-state index is 11.6. The van der Waals surface area contributed by atoms with Crippen LogP contribution in [0.1, 0.15) is 73.3 Å². The summed E-state index contributed by atoms with van der Waals surface area (Å²) < 4.78 is 131. The highest BCUT2D eigenvalue weighted by Gasteiger charge is 2.29. The fourth-order valence-corrected chi connectivity index (χ4v) is 17.4. The average molecular weight is 1330 g/mol. The SMILES string of the molecule is CCC(=C/c1sc2ccc(Cl)cc2c1CCCS(=O)(=O)O)/C=C1\Sc2ccc(Cl)cc2N1CCCS(=O)(=O)O.CCC(=C/c1sc2ccc3ccccc3c2c1CCCS(=O)(=O)O)/C=C1\Sc2ccc3ccccc3c2N1CCCS(=O)(=O)O. The van der Waals surface area contributed by atoms with Crippen LogP contribution in [0.15, 0.2) is 152 Å². The van der Waals surface area contributed by atoms with Gasteiger partial charge in [0.05, 0.1) is 44.4 Å². The van der Waals surface area contributed by atoms with E-state index in [1.165, 1.54) is 0 Å². The Labute approximate surface area is 516 Å². The highest BCUT2D eigenvalue weighted by molar-refractivity contribution is 8.04. The molecule has 0 radical (unpaired) electrons. The van der Waals surface area contributed by atoms with Crippen LogP contribution >= 0.6 is 69.4 Å². The molecule has 2 aliphatic heterocycles. The third-order valence-corrected chi connectivity index (χ3v) is 22.3. The molecule has 4 N–H and O–H groups in total. The summed E-state index contributed by atoms with van der Waals surface area (Å²) >= 11 is 19.0. The number of thiophene rings is 2. The van der Waals surface area contributed by atoms with Gasteiger partial charge < -0.3 is 9.80 Å². The zero-order valence-electron chi connectivity index (χ0n) is 45.6. The van der Waals surface area contributed by atoms with Crippen molar-refractivity contribution in [1.29, 1.82) is 0 Å². The van der Waals surface area contributed by atoms with Gasteiger partial charge >= 0.3 is 0 Å². The summed E-state index contributed by atoms with van der Waals surface area (Å²) in [4.78, 5) is 8.28. The minimum atomic E-state index is -4.09. The Balaban J connectivity index is 0.000000204. The van der Waals surface area contributed by atoms with Crippen LogP contribution < -0.4 is 9.80 Å². The Kier molecular flexibility index (Phi) is 20.6. The third-order valence-electron chi connectivity index (χ3n) is 14.1. The first-order valence-corrected chi connectivity index (χ1v) is 37.3. The van der Waals surface area contributed by atoms with Crippen molar-refractivity contribution in [3.05, 3.63) is 173 Å². The second-order valence-electron chi connectivity index (χ2n) is 20.1. The van der Waals surface area contributed by atoms with Crippen molar-refractivity contribution >= 4 is 175 Å². The molecule has 0 atom stereocenters. The number of anilines is 2. The van der Waals surface area contributed by atoms with E-state index in [0.717, 1.165) is 111 Å². The molecule has 0 saturated heterocycles. The number of rotatable bonds is 22. The molecule has 0 spiro atoms. The Morgan fingerprint density at radius 3 is 1.58 bits per heavy atom. The molecule has 0 aliphatic carbocycles. The molecule has 0 amide bonds. The summed E-state index contributed by atoms with van der Waals surface area (Å²) in [5.74, 6) is -1.29. The zero-order valence-corrected chi connectivity index (χ0v) is 53.6. The number of aryl methyl sites for hydroxylation is 2. The third kappa shape index (κ3) is 16.4. The molecule has 6 aromatic carbocycles. The van der Waals surface area contributed by atoms with Gasteiger partial charge in [0.1, 0.15) is 0 Å². The van der Waals surface area contributed by atoms with Gasteiger partial charge in [-0.15, -0.1) is 22.7 Å². The lowest BCUT2D eigenvalue weighted by Gasteiger charge is -2.22. The average Bonchev–Trinajstić information content (AvgIpc) is 2.14. The minimum absolute atomic E-state index is 0.239. The van der Waals surface area contributed by atoms with Crippen LogP contribution in [0.4, 0.5) is 11.4 Å². The van der Waals surface area contributed by atoms with Crippen LogP contribution in [0.25, 0.3) is 53.9 Å². The molecule has 0 unspecified atom stereocenters. The lowest BCUT2D eigenvalue weighted by atomic mass is 9.99. The monoisotopic (exact) mass is 1330 g/mol. The van der Waals surface area contributed by atoms with E-state index in [4.69, 9.17) is 23.2 Å². The van der Waals surface area contributed by atoms with Gasteiger partial charge in [-0.25, -0.2) is 0 Å². The minimum Gasteiger partial charge on any atom is -0.335 e. The lowest BCUT2D eigenvalue weighted by molar-refractivity contribution is 0.479. The zero-order chi connectivity index (χ0) is 60.1. The van der Waals surface area contributed by atoms with Gasteiger partial charge in [-0.3, -0.25) is 18.2 Å². The van der Waals surface area contributed by atoms with Gasteiger partial charge in [-0.2, -0.15) is 33.7 Å². The predicted octanol–water partition coefficient (Wildman–Crippen LogP) is 16.1. The van der Waals surface area contributed by atoms with E-state index in [-0.39, 0.29) is 42.3 Å². The van der Waals surface area contributed by atoms with Gasteiger partial charge in [0.25, 0.3) is 40.5 Å². The Morgan fingerprint density at radius 2 is 0.964 bits per heavy atom. The molecule has 0 bridgehead atoms. The fourth-order valence-electron chi connectivity index (χ4n) is 10.3. The van der Waals surface area contributed by atoms with Crippen molar-refractivity contribution in [3.63, 3.8) is 0 Å². The topological polar surface area (TPSA) is 224 Å². The summed E-state index contributed by atoms with van der Waals surface area (Å²) in [5.41, 5.74) is 6.05. The lowest BCUT2D eigenvalue weighted by Crippen LogP contribution is -2.22. The number of hydrogen-bond donors (Lipinski definition) is 4. The Bertz CT molecular complexity index is 4420. The molecular weight excluding hydrogens is 1270 g/mol. The second kappa shape index (κ2) is 27.1.